The summed E-state index contributed by atoms with van der Waals surface area (Å²) in [5, 5.41) is 0.161. The van der Waals surface area contributed by atoms with Gasteiger partial charge in [-0.3, -0.25) is 0 Å². The van der Waals surface area contributed by atoms with Crippen LogP contribution in [-0.4, -0.2) is 9.97 Å². The maximum atomic E-state index is 14.0. The van der Waals surface area contributed by atoms with Gasteiger partial charge in [-0.1, -0.05) is 32.4 Å². The van der Waals surface area contributed by atoms with Crippen LogP contribution in [0.5, 0.6) is 0 Å². The first kappa shape index (κ1) is 15.8. The first-order valence-electron chi connectivity index (χ1n) is 6.31. The molecule has 1 aromatic carbocycles. The van der Waals surface area contributed by atoms with Gasteiger partial charge >= 0.3 is 0 Å². The third kappa shape index (κ3) is 2.88. The van der Waals surface area contributed by atoms with Crippen LogP contribution in [0.25, 0.3) is 11.3 Å². The van der Waals surface area contributed by atoms with Crippen LogP contribution in [-0.2, 0) is 5.41 Å². The van der Waals surface area contributed by atoms with E-state index in [9.17, 15) is 13.2 Å². The van der Waals surface area contributed by atoms with E-state index in [-0.39, 0.29) is 16.4 Å². The van der Waals surface area contributed by atoms with Crippen molar-refractivity contribution in [2.24, 2.45) is 0 Å². The zero-order valence-electron chi connectivity index (χ0n) is 12.1. The molecule has 0 radical (unpaired) electrons. The fourth-order valence-electron chi connectivity index (χ4n) is 1.80. The van der Waals surface area contributed by atoms with Gasteiger partial charge in [-0.05, 0) is 19.1 Å². The highest BCUT2D eigenvalue weighted by atomic mass is 35.5. The SMILES string of the molecule is Cc1c(Cl)nc(C(C)(C)C)nc1-c1ccc(F)c(F)c1F. The summed E-state index contributed by atoms with van der Waals surface area (Å²) in [4.78, 5) is 8.45. The summed E-state index contributed by atoms with van der Waals surface area (Å²) in [5.41, 5.74) is 0.0216. The second-order valence-corrected chi connectivity index (χ2v) is 6.14. The number of halogens is 4. The van der Waals surface area contributed by atoms with Gasteiger partial charge < -0.3 is 0 Å². The Balaban J connectivity index is 2.75. The van der Waals surface area contributed by atoms with E-state index in [2.05, 4.69) is 9.97 Å². The highest BCUT2D eigenvalue weighted by Crippen LogP contribution is 2.32. The molecule has 0 N–H and O–H groups in total. The Labute approximate surface area is 126 Å². The molecule has 2 aromatic rings. The molecule has 2 rings (SSSR count). The first-order chi connectivity index (χ1) is 9.62. The Hall–Kier alpha value is -1.62. The lowest BCUT2D eigenvalue weighted by atomic mass is 9.95. The van der Waals surface area contributed by atoms with Crippen molar-refractivity contribution >= 4 is 11.6 Å². The van der Waals surface area contributed by atoms with Crippen LogP contribution in [0, 0.1) is 24.4 Å². The van der Waals surface area contributed by atoms with Crippen LogP contribution in [0.1, 0.15) is 32.2 Å². The van der Waals surface area contributed by atoms with Crippen molar-refractivity contribution in [1.29, 1.82) is 0 Å². The lowest BCUT2D eigenvalue weighted by Crippen LogP contribution is -2.17. The molecule has 0 amide bonds. The van der Waals surface area contributed by atoms with Gasteiger partial charge in [0.1, 0.15) is 11.0 Å². The van der Waals surface area contributed by atoms with Gasteiger partial charge in [-0.25, -0.2) is 23.1 Å². The van der Waals surface area contributed by atoms with Crippen LogP contribution >= 0.6 is 11.6 Å². The number of nitrogens with zero attached hydrogens (tertiary/aromatic N) is 2. The summed E-state index contributed by atoms with van der Waals surface area (Å²) in [6.45, 7) is 7.23. The summed E-state index contributed by atoms with van der Waals surface area (Å²) in [6, 6.07) is 2.01. The average molecular weight is 315 g/mol. The molecule has 6 heteroatoms. The van der Waals surface area contributed by atoms with Crippen molar-refractivity contribution in [2.45, 2.75) is 33.1 Å². The number of hydrogen-bond acceptors (Lipinski definition) is 2. The van der Waals surface area contributed by atoms with E-state index in [1.54, 1.807) is 6.92 Å². The number of hydrogen-bond donors (Lipinski definition) is 0. The molecular weight excluding hydrogens is 301 g/mol. The summed E-state index contributed by atoms with van der Waals surface area (Å²) in [6.07, 6.45) is 0. The maximum Gasteiger partial charge on any atom is 0.195 e. The first-order valence-corrected chi connectivity index (χ1v) is 6.69. The number of rotatable bonds is 1. The average Bonchev–Trinajstić information content (AvgIpc) is 2.39. The maximum absolute atomic E-state index is 14.0. The Morgan fingerprint density at radius 1 is 1.00 bits per heavy atom. The molecule has 0 unspecified atom stereocenters. The normalized spacial score (nSPS) is 11.8. The second kappa shape index (κ2) is 5.30. The van der Waals surface area contributed by atoms with Crippen LogP contribution in [0.4, 0.5) is 13.2 Å². The lowest BCUT2D eigenvalue weighted by molar-refractivity contribution is 0.448. The summed E-state index contributed by atoms with van der Waals surface area (Å²) >= 11 is 6.06. The molecule has 0 bridgehead atoms. The van der Waals surface area contributed by atoms with Crippen LogP contribution in [0.2, 0.25) is 5.15 Å². The minimum Gasteiger partial charge on any atom is -0.232 e. The topological polar surface area (TPSA) is 25.8 Å². The predicted molar refractivity (Wildman–Crippen MR) is 75.8 cm³/mol. The van der Waals surface area contributed by atoms with Gasteiger partial charge in [0.2, 0.25) is 0 Å². The van der Waals surface area contributed by atoms with Crippen LogP contribution in [0.15, 0.2) is 12.1 Å². The molecule has 1 heterocycles. The van der Waals surface area contributed by atoms with Gasteiger partial charge in [0.05, 0.1) is 5.69 Å². The Morgan fingerprint density at radius 3 is 2.19 bits per heavy atom. The van der Waals surface area contributed by atoms with E-state index < -0.39 is 22.9 Å². The van der Waals surface area contributed by atoms with Gasteiger partial charge in [0.15, 0.2) is 17.5 Å². The van der Waals surface area contributed by atoms with Crippen molar-refractivity contribution < 1.29 is 13.2 Å². The molecule has 0 aliphatic carbocycles. The van der Waals surface area contributed by atoms with E-state index >= 15 is 0 Å². The van der Waals surface area contributed by atoms with E-state index in [1.165, 1.54) is 0 Å². The Morgan fingerprint density at radius 2 is 1.62 bits per heavy atom. The van der Waals surface area contributed by atoms with E-state index in [1.807, 2.05) is 20.8 Å². The van der Waals surface area contributed by atoms with Gasteiger partial charge in [0, 0.05) is 16.5 Å². The monoisotopic (exact) mass is 314 g/mol. The lowest BCUT2D eigenvalue weighted by Gasteiger charge is -2.19. The summed E-state index contributed by atoms with van der Waals surface area (Å²) < 4.78 is 40.4. The predicted octanol–water partition coefficient (Wildman–Crippen LogP) is 4.82. The van der Waals surface area contributed by atoms with E-state index in [4.69, 9.17) is 11.6 Å². The summed E-state index contributed by atoms with van der Waals surface area (Å²) in [7, 11) is 0. The van der Waals surface area contributed by atoms with Crippen molar-refractivity contribution in [3.8, 4) is 11.3 Å². The highest BCUT2D eigenvalue weighted by molar-refractivity contribution is 6.30. The van der Waals surface area contributed by atoms with Crippen molar-refractivity contribution in [1.82, 2.24) is 9.97 Å². The molecule has 0 fully saturated rings. The molecule has 0 saturated carbocycles. The van der Waals surface area contributed by atoms with Crippen molar-refractivity contribution in [3.63, 3.8) is 0 Å². The molecule has 0 atom stereocenters. The molecule has 1 aromatic heterocycles. The Kier molecular flexibility index (Phi) is 3.97. The smallest absolute Gasteiger partial charge is 0.195 e. The molecule has 0 saturated heterocycles. The fraction of sp³-hybridized carbons (Fsp3) is 0.333. The van der Waals surface area contributed by atoms with Crippen molar-refractivity contribution in [2.75, 3.05) is 0 Å². The summed E-state index contributed by atoms with van der Waals surface area (Å²) in [5.74, 6) is -3.66. The van der Waals surface area contributed by atoms with E-state index in [0.717, 1.165) is 12.1 Å². The highest BCUT2D eigenvalue weighted by Gasteiger charge is 2.24. The van der Waals surface area contributed by atoms with Crippen molar-refractivity contribution in [3.05, 3.63) is 46.1 Å². The molecule has 112 valence electrons. The molecule has 0 aliphatic rings. The third-order valence-electron chi connectivity index (χ3n) is 3.05. The number of aromatic nitrogens is 2. The largest absolute Gasteiger partial charge is 0.232 e. The molecule has 0 spiro atoms. The molecule has 2 nitrogen and oxygen atoms in total. The minimum absolute atomic E-state index is 0.138. The molecule has 21 heavy (non-hydrogen) atoms. The zero-order valence-corrected chi connectivity index (χ0v) is 12.8. The van der Waals surface area contributed by atoms with Gasteiger partial charge in [-0.15, -0.1) is 0 Å². The molecule has 0 aliphatic heterocycles. The zero-order chi connectivity index (χ0) is 15.9. The standard InChI is InChI=1S/C15H14ClF3N2/c1-7-12(8-5-6-9(17)11(19)10(8)18)20-14(15(2,3)4)21-13(7)16/h5-6H,1-4H3. The Bertz CT molecular complexity index is 709. The second-order valence-electron chi connectivity index (χ2n) is 5.78. The van der Waals surface area contributed by atoms with Gasteiger partial charge in [0.25, 0.3) is 0 Å². The fourth-order valence-corrected chi connectivity index (χ4v) is 1.97. The quantitative estimate of drug-likeness (QED) is 0.557. The van der Waals surface area contributed by atoms with Crippen LogP contribution in [0.3, 0.4) is 0 Å². The molecular formula is C15H14ClF3N2. The van der Waals surface area contributed by atoms with E-state index in [0.29, 0.717) is 11.4 Å². The minimum atomic E-state index is -1.53. The van der Waals surface area contributed by atoms with Gasteiger partial charge in [-0.2, -0.15) is 0 Å². The third-order valence-corrected chi connectivity index (χ3v) is 3.42. The van der Waals surface area contributed by atoms with Crippen LogP contribution < -0.4 is 0 Å². The number of benzene rings is 1.